The standard InChI is InChI=1S/C32H48FN5O3.2C2HF3O2/c1-30(2,3)37-29(41)32(23-7-5-4-6-8-23)15-17-38(18-16-32)28(40)25(19-22-9-11-24(33)12-10-22)36-27(39)26-20-35-31(13-14-31)21-34-26;2*3-2(4,5)1(6)7/h9-12,23,25-26,34-35H,4-8,13-21H2,1-3H3,(H,36,39)(H,37,41);2*(H,6,7)/t25-,26+;;/m1../s1. The van der Waals surface area contributed by atoms with Crippen molar-refractivity contribution in [3.8, 4) is 0 Å². The van der Waals surface area contributed by atoms with Crippen LogP contribution in [0.4, 0.5) is 30.7 Å². The monoisotopic (exact) mass is 797 g/mol. The summed E-state index contributed by atoms with van der Waals surface area (Å²) < 4.78 is 77.1. The Morgan fingerprint density at radius 3 is 1.78 bits per heavy atom. The van der Waals surface area contributed by atoms with Gasteiger partial charge in [0.15, 0.2) is 0 Å². The van der Waals surface area contributed by atoms with Crippen LogP contribution < -0.4 is 21.3 Å². The fraction of sp³-hybridized carbons (Fsp3) is 0.694. The van der Waals surface area contributed by atoms with Crippen molar-refractivity contribution in [3.63, 3.8) is 0 Å². The number of carbonyl (C=O) groups is 5. The third-order valence-corrected chi connectivity index (χ3v) is 10.3. The molecule has 2 atom stereocenters. The number of piperazine rings is 1. The SMILES string of the molecule is CC(C)(C)NC(=O)C1(C2CCCCC2)CCN(C(=O)[C@@H](Cc2ccc(F)cc2)NC(=O)[C@@H]2CNC3(CC3)CN2)CC1.O=C(O)C(F)(F)F.O=C(O)C(F)(F)F. The summed E-state index contributed by atoms with van der Waals surface area (Å²) in [5, 5.41) is 27.4. The summed E-state index contributed by atoms with van der Waals surface area (Å²) in [5.74, 6) is -5.75. The number of aliphatic carboxylic acids is 2. The van der Waals surface area contributed by atoms with E-state index in [1.807, 2.05) is 25.7 Å². The second-order valence-corrected chi connectivity index (χ2v) is 15.6. The number of hydrogen-bond donors (Lipinski definition) is 6. The Hall–Kier alpha value is -4.00. The van der Waals surface area contributed by atoms with Crippen LogP contribution in [-0.4, -0.2) is 106 Å². The van der Waals surface area contributed by atoms with E-state index in [0.29, 0.717) is 38.4 Å². The highest BCUT2D eigenvalue weighted by Crippen LogP contribution is 2.46. The van der Waals surface area contributed by atoms with Gasteiger partial charge in [-0.2, -0.15) is 26.3 Å². The summed E-state index contributed by atoms with van der Waals surface area (Å²) in [5.41, 5.74) is 0.126. The zero-order valence-corrected chi connectivity index (χ0v) is 31.0. The van der Waals surface area contributed by atoms with Gasteiger partial charge < -0.3 is 36.4 Å². The zero-order chi connectivity index (χ0) is 41.4. The lowest BCUT2D eigenvalue weighted by atomic mass is 9.63. The molecule has 3 amide bonds. The number of piperidine rings is 1. The van der Waals surface area contributed by atoms with Gasteiger partial charge in [-0.05, 0) is 82.9 Å². The van der Waals surface area contributed by atoms with Crippen LogP contribution >= 0.6 is 0 Å². The maximum absolute atomic E-state index is 14.0. The van der Waals surface area contributed by atoms with E-state index in [9.17, 15) is 45.1 Å². The van der Waals surface area contributed by atoms with Gasteiger partial charge in [0, 0.05) is 43.7 Å². The van der Waals surface area contributed by atoms with Crippen molar-refractivity contribution in [1.29, 1.82) is 0 Å². The highest BCUT2D eigenvalue weighted by Gasteiger charge is 2.50. The first-order valence-electron chi connectivity index (χ1n) is 18.1. The van der Waals surface area contributed by atoms with Crippen LogP contribution in [0.1, 0.15) is 84.1 Å². The van der Waals surface area contributed by atoms with Gasteiger partial charge in [-0.3, -0.25) is 14.4 Å². The van der Waals surface area contributed by atoms with E-state index in [-0.39, 0.29) is 41.0 Å². The van der Waals surface area contributed by atoms with E-state index < -0.39 is 41.8 Å². The van der Waals surface area contributed by atoms with E-state index in [1.165, 1.54) is 18.6 Å². The number of carboxylic acid groups (broad SMARTS) is 2. The number of nitrogens with one attached hydrogen (secondary N) is 4. The van der Waals surface area contributed by atoms with Gasteiger partial charge in [-0.15, -0.1) is 0 Å². The summed E-state index contributed by atoms with van der Waals surface area (Å²) in [6.07, 6.45) is -0.785. The van der Waals surface area contributed by atoms with E-state index in [2.05, 4.69) is 21.3 Å². The topological polar surface area (TPSA) is 177 Å². The van der Waals surface area contributed by atoms with Crippen molar-refractivity contribution < 1.29 is 64.9 Å². The van der Waals surface area contributed by atoms with Gasteiger partial charge in [0.2, 0.25) is 17.7 Å². The highest BCUT2D eigenvalue weighted by molar-refractivity contribution is 5.91. The van der Waals surface area contributed by atoms with E-state index in [4.69, 9.17) is 19.8 Å². The van der Waals surface area contributed by atoms with E-state index in [0.717, 1.165) is 50.6 Å². The molecule has 0 aromatic heterocycles. The minimum Gasteiger partial charge on any atom is -0.475 e. The molecule has 0 bridgehead atoms. The summed E-state index contributed by atoms with van der Waals surface area (Å²) in [7, 11) is 0. The van der Waals surface area contributed by atoms with Crippen LogP contribution in [0.5, 0.6) is 0 Å². The minimum absolute atomic E-state index is 0.115. The molecular weight excluding hydrogens is 747 g/mol. The molecular formula is C36H50F7N5O7. The number of nitrogens with zero attached hydrogens (tertiary/aromatic N) is 1. The summed E-state index contributed by atoms with van der Waals surface area (Å²) in [6, 6.07) is 4.92. The smallest absolute Gasteiger partial charge is 0.475 e. The number of alkyl halides is 6. The van der Waals surface area contributed by atoms with Gasteiger partial charge in [-0.1, -0.05) is 31.4 Å². The average Bonchev–Trinajstić information content (AvgIpc) is 3.86. The highest BCUT2D eigenvalue weighted by atomic mass is 19.4. The average molecular weight is 798 g/mol. The van der Waals surface area contributed by atoms with Gasteiger partial charge in [0.05, 0.1) is 11.5 Å². The number of carboxylic acids is 2. The predicted octanol–water partition coefficient (Wildman–Crippen LogP) is 4.32. The van der Waals surface area contributed by atoms with Crippen molar-refractivity contribution >= 4 is 29.7 Å². The Bertz CT molecular complexity index is 1460. The zero-order valence-electron chi connectivity index (χ0n) is 31.0. The van der Waals surface area contributed by atoms with Gasteiger partial charge in [0.1, 0.15) is 11.9 Å². The van der Waals surface area contributed by atoms with Crippen molar-refractivity contribution in [3.05, 3.63) is 35.6 Å². The van der Waals surface area contributed by atoms with Crippen LogP contribution in [0.2, 0.25) is 0 Å². The molecule has 55 heavy (non-hydrogen) atoms. The largest absolute Gasteiger partial charge is 0.490 e. The normalized spacial score (nSPS) is 21.4. The lowest BCUT2D eigenvalue weighted by Crippen LogP contribution is -2.63. The van der Waals surface area contributed by atoms with Crippen molar-refractivity contribution in [2.24, 2.45) is 11.3 Å². The van der Waals surface area contributed by atoms with E-state index in [1.54, 1.807) is 12.1 Å². The number of hydrogen-bond acceptors (Lipinski definition) is 7. The van der Waals surface area contributed by atoms with Crippen LogP contribution in [0.25, 0.3) is 0 Å². The molecule has 12 nitrogen and oxygen atoms in total. The number of carbonyl (C=O) groups excluding carboxylic acids is 3. The second kappa shape index (κ2) is 18.3. The first-order chi connectivity index (χ1) is 25.4. The predicted molar refractivity (Wildman–Crippen MR) is 184 cm³/mol. The lowest BCUT2D eigenvalue weighted by molar-refractivity contribution is -0.193. The quantitative estimate of drug-likeness (QED) is 0.220. The third kappa shape index (κ3) is 13.6. The number of amides is 3. The van der Waals surface area contributed by atoms with Crippen LogP contribution in [-0.2, 0) is 30.4 Å². The third-order valence-electron chi connectivity index (χ3n) is 10.3. The Morgan fingerprint density at radius 2 is 1.36 bits per heavy atom. The Balaban J connectivity index is 0.000000494. The molecule has 1 spiro atoms. The molecule has 2 saturated heterocycles. The van der Waals surface area contributed by atoms with Crippen molar-refractivity contribution in [2.75, 3.05) is 26.2 Å². The van der Waals surface area contributed by atoms with Gasteiger partial charge in [-0.25, -0.2) is 14.0 Å². The molecule has 19 heteroatoms. The first kappa shape index (κ1) is 45.4. The molecule has 6 N–H and O–H groups in total. The fourth-order valence-corrected chi connectivity index (χ4v) is 7.08. The molecule has 4 fully saturated rings. The molecule has 5 rings (SSSR count). The molecule has 0 unspecified atom stereocenters. The Kier molecular flexibility index (Phi) is 15.1. The summed E-state index contributed by atoms with van der Waals surface area (Å²) in [6.45, 7) is 8.28. The second-order valence-electron chi connectivity index (χ2n) is 15.6. The van der Waals surface area contributed by atoms with Crippen molar-refractivity contribution in [1.82, 2.24) is 26.2 Å². The maximum Gasteiger partial charge on any atom is 0.490 e. The Morgan fingerprint density at radius 1 is 0.855 bits per heavy atom. The van der Waals surface area contributed by atoms with Crippen LogP contribution in [0.3, 0.4) is 0 Å². The first-order valence-corrected chi connectivity index (χ1v) is 18.1. The van der Waals surface area contributed by atoms with Gasteiger partial charge >= 0.3 is 24.3 Å². The molecule has 4 aliphatic rings. The summed E-state index contributed by atoms with van der Waals surface area (Å²) >= 11 is 0. The molecule has 310 valence electrons. The molecule has 2 aliphatic carbocycles. The molecule has 0 radical (unpaired) electrons. The van der Waals surface area contributed by atoms with Crippen molar-refractivity contribution in [2.45, 2.75) is 120 Å². The molecule has 2 saturated carbocycles. The molecule has 1 aromatic rings. The minimum atomic E-state index is -5.08. The number of likely N-dealkylation sites (tertiary alicyclic amines) is 1. The molecule has 2 aliphatic heterocycles. The Labute approximate surface area is 314 Å². The number of benzene rings is 1. The van der Waals surface area contributed by atoms with E-state index >= 15 is 0 Å². The van der Waals surface area contributed by atoms with Gasteiger partial charge in [0.25, 0.3) is 0 Å². The molecule has 2 heterocycles. The van der Waals surface area contributed by atoms with Crippen LogP contribution in [0.15, 0.2) is 24.3 Å². The number of rotatable bonds is 7. The fourth-order valence-electron chi connectivity index (χ4n) is 7.08. The molecule has 1 aromatic carbocycles. The maximum atomic E-state index is 14.0. The van der Waals surface area contributed by atoms with Crippen LogP contribution in [0, 0.1) is 17.2 Å². The summed E-state index contributed by atoms with van der Waals surface area (Å²) in [4.78, 5) is 60.7. The number of halogens is 7. The lowest BCUT2D eigenvalue weighted by Gasteiger charge is -2.48.